The molecule has 0 aliphatic heterocycles. The Balaban J connectivity index is 0.000000152. The summed E-state index contributed by atoms with van der Waals surface area (Å²) in [4.78, 5) is 3.91. The van der Waals surface area contributed by atoms with E-state index in [1.165, 1.54) is 6.39 Å². The van der Waals surface area contributed by atoms with Crippen LogP contribution in [-0.4, -0.2) is 15.3 Å². The lowest BCUT2D eigenvalue weighted by Crippen LogP contribution is -1.77. The maximum Gasteiger partial charge on any atom is 0.214 e. The van der Waals surface area contributed by atoms with E-state index in [1.807, 2.05) is 50.2 Å². The minimum Gasteiger partial charge on any atom is -0.461 e. The Morgan fingerprint density at radius 3 is 2.26 bits per heavy atom. The van der Waals surface area contributed by atoms with Gasteiger partial charge in [0.1, 0.15) is 0 Å². The molecule has 0 fully saturated rings. The molecule has 0 radical (unpaired) electrons. The zero-order chi connectivity index (χ0) is 16.3. The van der Waals surface area contributed by atoms with Crippen molar-refractivity contribution >= 4 is 0 Å². The third kappa shape index (κ3) is 4.67. The van der Waals surface area contributed by atoms with Gasteiger partial charge in [0.25, 0.3) is 0 Å². The highest BCUT2D eigenvalue weighted by molar-refractivity contribution is 5.53. The molecule has 1 aromatic carbocycles. The number of aromatic nitrogens is 3. The summed E-state index contributed by atoms with van der Waals surface area (Å²) in [6.07, 6.45) is 4.50. The summed E-state index contributed by atoms with van der Waals surface area (Å²) >= 11 is 0. The molecule has 3 heterocycles. The number of rotatable bonds is 2. The van der Waals surface area contributed by atoms with Crippen molar-refractivity contribution in [2.24, 2.45) is 0 Å². The molecule has 0 N–H and O–H groups in total. The molecule has 0 amide bonds. The number of nitrogens with zero attached hydrogens (tertiary/aromatic N) is 3. The Morgan fingerprint density at radius 1 is 0.870 bits per heavy atom. The zero-order valence-corrected chi connectivity index (χ0v) is 12.9. The summed E-state index contributed by atoms with van der Waals surface area (Å²) in [6.45, 7) is 4.00. The number of furan rings is 1. The van der Waals surface area contributed by atoms with Gasteiger partial charge in [-0.05, 0) is 12.1 Å². The molecule has 0 spiro atoms. The highest BCUT2D eigenvalue weighted by atomic mass is 16.5. The lowest BCUT2D eigenvalue weighted by molar-refractivity contribution is 0.418. The summed E-state index contributed by atoms with van der Waals surface area (Å²) in [5.41, 5.74) is 0.973. The monoisotopic (exact) mass is 311 g/mol. The van der Waals surface area contributed by atoms with Gasteiger partial charge in [0.2, 0.25) is 18.0 Å². The van der Waals surface area contributed by atoms with Crippen LogP contribution in [0.25, 0.3) is 22.9 Å². The highest BCUT2D eigenvalue weighted by Gasteiger charge is 2.02. The maximum atomic E-state index is 5.04. The first-order valence-electron chi connectivity index (χ1n) is 7.20. The lowest BCUT2D eigenvalue weighted by Gasteiger charge is -1.89. The molecule has 0 saturated carbocycles. The molecule has 0 aliphatic rings. The lowest BCUT2D eigenvalue weighted by atomic mass is 10.2. The molecule has 0 saturated heterocycles. The van der Waals surface area contributed by atoms with Gasteiger partial charge in [-0.1, -0.05) is 54.5 Å². The average Bonchev–Trinajstić information content (AvgIpc) is 3.41. The van der Waals surface area contributed by atoms with Gasteiger partial charge >= 0.3 is 0 Å². The predicted octanol–water partition coefficient (Wildman–Crippen LogP) is 4.70. The molecular weight excluding hydrogens is 294 g/mol. The van der Waals surface area contributed by atoms with Gasteiger partial charge in [-0.3, -0.25) is 0 Å². The Morgan fingerprint density at radius 2 is 1.70 bits per heavy atom. The van der Waals surface area contributed by atoms with E-state index in [4.69, 9.17) is 8.94 Å². The zero-order valence-electron chi connectivity index (χ0n) is 12.9. The van der Waals surface area contributed by atoms with E-state index in [2.05, 4.69) is 19.8 Å². The summed E-state index contributed by atoms with van der Waals surface area (Å²) in [6, 6.07) is 15.1. The molecule has 0 bridgehead atoms. The largest absolute Gasteiger partial charge is 0.461 e. The molecule has 3 aromatic heterocycles. The van der Waals surface area contributed by atoms with E-state index in [-0.39, 0.29) is 0 Å². The summed E-state index contributed by atoms with van der Waals surface area (Å²) in [5, 5.41) is 7.24. The second-order valence-electron chi connectivity index (χ2n) is 3.97. The van der Waals surface area contributed by atoms with Crippen LogP contribution in [0.4, 0.5) is 0 Å². The van der Waals surface area contributed by atoms with Crippen LogP contribution in [0.1, 0.15) is 13.8 Å². The first-order valence-corrected chi connectivity index (χ1v) is 7.20. The van der Waals surface area contributed by atoms with Gasteiger partial charge in [-0.15, -0.1) is 0 Å². The number of benzene rings is 1. The number of hydrogen-bond acceptors (Lipinski definition) is 6. The molecule has 118 valence electrons. The van der Waals surface area contributed by atoms with Gasteiger partial charge in [0.15, 0.2) is 5.76 Å². The van der Waals surface area contributed by atoms with E-state index >= 15 is 0 Å². The van der Waals surface area contributed by atoms with Gasteiger partial charge in [0, 0.05) is 11.6 Å². The van der Waals surface area contributed by atoms with Crippen LogP contribution in [-0.2, 0) is 0 Å². The molecule has 0 unspecified atom stereocenters. The second-order valence-corrected chi connectivity index (χ2v) is 3.97. The first kappa shape index (κ1) is 16.2. The van der Waals surface area contributed by atoms with E-state index in [1.54, 1.807) is 24.6 Å². The van der Waals surface area contributed by atoms with E-state index < -0.39 is 0 Å². The van der Waals surface area contributed by atoms with Crippen LogP contribution in [0.2, 0.25) is 0 Å². The van der Waals surface area contributed by atoms with Crippen molar-refractivity contribution in [3.8, 4) is 22.9 Å². The molecule has 4 aromatic rings. The van der Waals surface area contributed by atoms with Gasteiger partial charge in [0.05, 0.1) is 12.5 Å². The standard InChI is InChI=1S/C8H6N2O.C7H5NO2.C2H6/c1-2-4-7(5-3-1)8-9-6-11-10-8;1-2-6(9-5-1)7-3-4-8-10-7;1-2/h1-6H;1-5H;1-2H3. The van der Waals surface area contributed by atoms with Crippen molar-refractivity contribution in [2.75, 3.05) is 0 Å². The molecular formula is C17H17N3O3. The third-order valence-corrected chi connectivity index (χ3v) is 2.60. The maximum absolute atomic E-state index is 5.04. The summed E-state index contributed by atoms with van der Waals surface area (Å²) in [7, 11) is 0. The Bertz CT molecular complexity index is 702. The van der Waals surface area contributed by atoms with Crippen LogP contribution < -0.4 is 0 Å². The van der Waals surface area contributed by atoms with Crippen molar-refractivity contribution in [1.29, 1.82) is 0 Å². The molecule has 4 rings (SSSR count). The Labute approximate surface area is 133 Å². The first-order chi connectivity index (χ1) is 11.4. The summed E-state index contributed by atoms with van der Waals surface area (Å²) < 4.78 is 14.5. The smallest absolute Gasteiger partial charge is 0.214 e. The minimum atomic E-state index is 0.630. The van der Waals surface area contributed by atoms with Crippen molar-refractivity contribution in [1.82, 2.24) is 15.3 Å². The van der Waals surface area contributed by atoms with Crippen molar-refractivity contribution in [3.63, 3.8) is 0 Å². The topological polar surface area (TPSA) is 78.1 Å². The van der Waals surface area contributed by atoms with Gasteiger partial charge in [-0.25, -0.2) is 0 Å². The summed E-state index contributed by atoms with van der Waals surface area (Å²) in [5.74, 6) is 1.99. The van der Waals surface area contributed by atoms with E-state index in [9.17, 15) is 0 Å². The van der Waals surface area contributed by atoms with Crippen molar-refractivity contribution in [2.45, 2.75) is 13.8 Å². The fourth-order valence-corrected chi connectivity index (χ4v) is 1.65. The Kier molecular flexibility index (Phi) is 6.34. The van der Waals surface area contributed by atoms with Crippen LogP contribution in [0.3, 0.4) is 0 Å². The fraction of sp³-hybridized carbons (Fsp3) is 0.118. The fourth-order valence-electron chi connectivity index (χ4n) is 1.65. The van der Waals surface area contributed by atoms with E-state index in [0.29, 0.717) is 17.3 Å². The van der Waals surface area contributed by atoms with Gasteiger partial charge in [-0.2, -0.15) is 4.98 Å². The van der Waals surface area contributed by atoms with Gasteiger partial charge < -0.3 is 13.5 Å². The average molecular weight is 311 g/mol. The van der Waals surface area contributed by atoms with Crippen molar-refractivity contribution < 1.29 is 13.5 Å². The molecule has 6 nitrogen and oxygen atoms in total. The highest BCUT2D eigenvalue weighted by Crippen LogP contribution is 2.17. The van der Waals surface area contributed by atoms with Crippen molar-refractivity contribution in [3.05, 3.63) is 67.4 Å². The minimum absolute atomic E-state index is 0.630. The predicted molar refractivity (Wildman–Crippen MR) is 85.3 cm³/mol. The van der Waals surface area contributed by atoms with Crippen LogP contribution in [0.5, 0.6) is 0 Å². The Hall–Kier alpha value is -3.15. The third-order valence-electron chi connectivity index (χ3n) is 2.60. The molecule has 0 aliphatic carbocycles. The molecule has 6 heteroatoms. The second kappa shape index (κ2) is 8.99. The molecule has 23 heavy (non-hydrogen) atoms. The van der Waals surface area contributed by atoms with E-state index in [0.717, 1.165) is 5.56 Å². The van der Waals surface area contributed by atoms with Crippen LogP contribution in [0, 0.1) is 0 Å². The number of hydrogen-bond donors (Lipinski definition) is 0. The van der Waals surface area contributed by atoms with Crippen LogP contribution in [0.15, 0.2) is 80.8 Å². The normalized spacial score (nSPS) is 9.30. The SMILES string of the molecule is CC.c1ccc(-c2ncon2)cc1.c1coc(-c2ccno2)c1. The molecule has 0 atom stereocenters. The quantitative estimate of drug-likeness (QED) is 0.534. The van der Waals surface area contributed by atoms with Crippen LogP contribution >= 0.6 is 0 Å².